The van der Waals surface area contributed by atoms with E-state index < -0.39 is 0 Å². The zero-order valence-corrected chi connectivity index (χ0v) is 13.9. The van der Waals surface area contributed by atoms with Gasteiger partial charge in [-0.15, -0.1) is 10.2 Å². The lowest BCUT2D eigenvalue weighted by molar-refractivity contribution is -0.135. The molecule has 0 N–H and O–H groups in total. The van der Waals surface area contributed by atoms with Crippen LogP contribution in [0.1, 0.15) is 36.6 Å². The third-order valence-corrected chi connectivity index (χ3v) is 6.17. The summed E-state index contributed by atoms with van der Waals surface area (Å²) in [6, 6.07) is 0.106. The Kier molecular flexibility index (Phi) is 3.78. The number of piperazine rings is 1. The third-order valence-electron chi connectivity index (χ3n) is 5.02. The molecule has 3 aliphatic rings. The molecule has 1 saturated carbocycles. The fourth-order valence-corrected chi connectivity index (χ4v) is 4.47. The van der Waals surface area contributed by atoms with Crippen LogP contribution in [0.15, 0.2) is 0 Å². The molecule has 0 bridgehead atoms. The quantitative estimate of drug-likeness (QED) is 0.836. The maximum absolute atomic E-state index is 12.6. The average Bonchev–Trinajstić information content (AvgIpc) is 3.12. The first-order chi connectivity index (χ1) is 10.7. The van der Waals surface area contributed by atoms with Gasteiger partial charge in [0.1, 0.15) is 5.01 Å². The van der Waals surface area contributed by atoms with Crippen molar-refractivity contribution in [3.05, 3.63) is 5.01 Å². The average molecular weight is 321 g/mol. The van der Waals surface area contributed by atoms with Gasteiger partial charge in [-0.25, -0.2) is 0 Å². The molecule has 4 rings (SSSR count). The Balaban J connectivity index is 1.34. The Morgan fingerprint density at radius 1 is 1.09 bits per heavy atom. The Labute approximate surface area is 135 Å². The summed E-state index contributed by atoms with van der Waals surface area (Å²) in [6.45, 7) is 4.41. The molecule has 1 atom stereocenters. The van der Waals surface area contributed by atoms with Crippen LogP contribution in [0.5, 0.6) is 0 Å². The van der Waals surface area contributed by atoms with Gasteiger partial charge in [0, 0.05) is 32.1 Å². The number of likely N-dealkylation sites (tertiary alicyclic amines) is 1. The minimum atomic E-state index is 0.106. The van der Waals surface area contributed by atoms with E-state index in [4.69, 9.17) is 0 Å². The SMILES string of the molecule is CN1CCCC1C(=O)N1CCN(c2nnc(C3CC3)s2)CC1. The minimum absolute atomic E-state index is 0.106. The number of carbonyl (C=O) groups excluding carboxylic acids is 1. The third kappa shape index (κ3) is 2.72. The van der Waals surface area contributed by atoms with Crippen LogP contribution in [0.4, 0.5) is 5.13 Å². The van der Waals surface area contributed by atoms with Crippen LogP contribution < -0.4 is 4.90 Å². The van der Waals surface area contributed by atoms with Gasteiger partial charge in [0.15, 0.2) is 0 Å². The molecule has 0 spiro atoms. The van der Waals surface area contributed by atoms with Crippen LogP contribution in [0.3, 0.4) is 0 Å². The van der Waals surface area contributed by atoms with Crippen molar-refractivity contribution in [3.63, 3.8) is 0 Å². The molecule has 6 nitrogen and oxygen atoms in total. The van der Waals surface area contributed by atoms with E-state index in [1.54, 1.807) is 11.3 Å². The number of anilines is 1. The number of hydrogen-bond acceptors (Lipinski definition) is 6. The van der Waals surface area contributed by atoms with Gasteiger partial charge >= 0.3 is 0 Å². The van der Waals surface area contributed by atoms with E-state index in [2.05, 4.69) is 27.0 Å². The molecule has 2 saturated heterocycles. The van der Waals surface area contributed by atoms with Crippen molar-refractivity contribution in [1.82, 2.24) is 20.0 Å². The number of carbonyl (C=O) groups is 1. The first kappa shape index (κ1) is 14.4. The molecule has 1 unspecified atom stereocenters. The summed E-state index contributed by atoms with van der Waals surface area (Å²) in [6.07, 6.45) is 4.69. The van der Waals surface area contributed by atoms with Crippen LogP contribution in [0, 0.1) is 0 Å². The first-order valence-corrected chi connectivity index (χ1v) is 9.11. The summed E-state index contributed by atoms with van der Waals surface area (Å²) in [4.78, 5) is 19.1. The van der Waals surface area contributed by atoms with Crippen LogP contribution in [-0.2, 0) is 4.79 Å². The molecule has 1 aromatic heterocycles. The molecular formula is C15H23N5OS. The molecule has 0 aromatic carbocycles. The van der Waals surface area contributed by atoms with Crippen molar-refractivity contribution in [2.75, 3.05) is 44.7 Å². The number of amides is 1. The largest absolute Gasteiger partial charge is 0.343 e. The van der Waals surface area contributed by atoms with E-state index in [1.165, 1.54) is 17.8 Å². The molecule has 120 valence electrons. The lowest BCUT2D eigenvalue weighted by Gasteiger charge is -2.36. The Bertz CT molecular complexity index is 550. The van der Waals surface area contributed by atoms with Gasteiger partial charge in [0.2, 0.25) is 11.0 Å². The lowest BCUT2D eigenvalue weighted by atomic mass is 10.2. The van der Waals surface area contributed by atoms with E-state index >= 15 is 0 Å². The summed E-state index contributed by atoms with van der Waals surface area (Å²) in [5.41, 5.74) is 0. The second-order valence-corrected chi connectivity index (χ2v) is 7.64. The van der Waals surface area contributed by atoms with Gasteiger partial charge in [0.05, 0.1) is 6.04 Å². The second-order valence-electron chi connectivity index (χ2n) is 6.65. The molecule has 2 aliphatic heterocycles. The van der Waals surface area contributed by atoms with Crippen molar-refractivity contribution in [1.29, 1.82) is 0 Å². The van der Waals surface area contributed by atoms with Crippen LogP contribution >= 0.6 is 11.3 Å². The zero-order valence-electron chi connectivity index (χ0n) is 13.1. The number of aromatic nitrogens is 2. The minimum Gasteiger partial charge on any atom is -0.343 e. The molecule has 1 aromatic rings. The highest BCUT2D eigenvalue weighted by atomic mass is 32.1. The zero-order chi connectivity index (χ0) is 15.1. The molecule has 3 fully saturated rings. The van der Waals surface area contributed by atoms with Crippen molar-refractivity contribution in [3.8, 4) is 0 Å². The van der Waals surface area contributed by atoms with E-state index in [1.807, 2.05) is 4.90 Å². The van der Waals surface area contributed by atoms with Crippen molar-refractivity contribution >= 4 is 22.4 Å². The predicted octanol–water partition coefficient (Wildman–Crippen LogP) is 1.16. The molecule has 1 aliphatic carbocycles. The van der Waals surface area contributed by atoms with Gasteiger partial charge in [-0.2, -0.15) is 0 Å². The fourth-order valence-electron chi connectivity index (χ4n) is 3.40. The van der Waals surface area contributed by atoms with Crippen molar-refractivity contribution in [2.24, 2.45) is 0 Å². The highest BCUT2D eigenvalue weighted by molar-refractivity contribution is 7.15. The number of rotatable bonds is 3. The highest BCUT2D eigenvalue weighted by Crippen LogP contribution is 2.42. The normalized spacial score (nSPS) is 26.7. The van der Waals surface area contributed by atoms with Gasteiger partial charge < -0.3 is 9.80 Å². The Morgan fingerprint density at radius 2 is 1.86 bits per heavy atom. The fraction of sp³-hybridized carbons (Fsp3) is 0.800. The molecule has 22 heavy (non-hydrogen) atoms. The predicted molar refractivity (Wildman–Crippen MR) is 86.3 cm³/mol. The van der Waals surface area contributed by atoms with E-state index in [-0.39, 0.29) is 6.04 Å². The Morgan fingerprint density at radius 3 is 2.50 bits per heavy atom. The molecular weight excluding hydrogens is 298 g/mol. The molecule has 1 amide bonds. The van der Waals surface area contributed by atoms with Gasteiger partial charge in [-0.1, -0.05) is 11.3 Å². The standard InChI is InChI=1S/C15H23N5OS/c1-18-6-2-3-12(18)14(21)19-7-9-20(10-8-19)15-17-16-13(22-15)11-4-5-11/h11-12H,2-10H2,1H3. The van der Waals surface area contributed by atoms with Gasteiger partial charge in [-0.05, 0) is 39.3 Å². The molecule has 3 heterocycles. The number of nitrogens with zero attached hydrogens (tertiary/aromatic N) is 5. The summed E-state index contributed by atoms with van der Waals surface area (Å²) in [5.74, 6) is 0.989. The van der Waals surface area contributed by atoms with Crippen LogP contribution in [-0.4, -0.2) is 71.7 Å². The number of likely N-dealkylation sites (N-methyl/N-ethyl adjacent to an activating group) is 1. The van der Waals surface area contributed by atoms with E-state index in [9.17, 15) is 4.79 Å². The first-order valence-electron chi connectivity index (χ1n) is 8.30. The lowest BCUT2D eigenvalue weighted by Crippen LogP contribution is -2.53. The van der Waals surface area contributed by atoms with Crippen molar-refractivity contribution < 1.29 is 4.79 Å². The van der Waals surface area contributed by atoms with Gasteiger partial charge in [-0.3, -0.25) is 9.69 Å². The van der Waals surface area contributed by atoms with Gasteiger partial charge in [0.25, 0.3) is 0 Å². The van der Waals surface area contributed by atoms with Crippen molar-refractivity contribution in [2.45, 2.75) is 37.6 Å². The Hall–Kier alpha value is -1.21. The summed E-state index contributed by atoms with van der Waals surface area (Å²) in [7, 11) is 2.06. The number of hydrogen-bond donors (Lipinski definition) is 0. The van der Waals surface area contributed by atoms with Crippen LogP contribution in [0.2, 0.25) is 0 Å². The highest BCUT2D eigenvalue weighted by Gasteiger charge is 2.34. The summed E-state index contributed by atoms with van der Waals surface area (Å²) < 4.78 is 0. The van der Waals surface area contributed by atoms with E-state index in [0.29, 0.717) is 11.8 Å². The molecule has 7 heteroatoms. The topological polar surface area (TPSA) is 52.6 Å². The smallest absolute Gasteiger partial charge is 0.240 e. The van der Waals surface area contributed by atoms with Crippen LogP contribution in [0.25, 0.3) is 0 Å². The maximum atomic E-state index is 12.6. The summed E-state index contributed by atoms with van der Waals surface area (Å²) in [5, 5.41) is 10.9. The van der Waals surface area contributed by atoms with E-state index in [0.717, 1.165) is 50.7 Å². The molecule has 0 radical (unpaired) electrons. The second kappa shape index (κ2) is 5.77. The monoisotopic (exact) mass is 321 g/mol. The maximum Gasteiger partial charge on any atom is 0.240 e. The summed E-state index contributed by atoms with van der Waals surface area (Å²) >= 11 is 1.74.